The van der Waals surface area contributed by atoms with Crippen LogP contribution in [-0.2, 0) is 4.74 Å². The molecular formula is C13H20ClNO2. The highest BCUT2D eigenvalue weighted by Gasteiger charge is 2.11. The Morgan fingerprint density at radius 3 is 2.76 bits per heavy atom. The molecule has 1 N–H and O–H groups in total. The third kappa shape index (κ3) is 5.39. The molecule has 0 aliphatic heterocycles. The van der Waals surface area contributed by atoms with Gasteiger partial charge in [-0.25, -0.2) is 0 Å². The van der Waals surface area contributed by atoms with Gasteiger partial charge in [-0.15, -0.1) is 0 Å². The molecule has 1 aromatic carbocycles. The van der Waals surface area contributed by atoms with Crippen LogP contribution in [0.15, 0.2) is 24.3 Å². The molecule has 4 heteroatoms. The summed E-state index contributed by atoms with van der Waals surface area (Å²) in [5.74, 6) is 0.703. The molecule has 0 radical (unpaired) electrons. The molecule has 0 aromatic heterocycles. The zero-order valence-corrected chi connectivity index (χ0v) is 11.2. The Morgan fingerprint density at radius 1 is 1.35 bits per heavy atom. The lowest BCUT2D eigenvalue weighted by atomic mass is 10.3. The second kappa shape index (κ2) is 8.34. The van der Waals surface area contributed by atoms with Crippen molar-refractivity contribution < 1.29 is 9.47 Å². The highest BCUT2D eigenvalue weighted by Crippen LogP contribution is 2.24. The standard InChI is InChI=1S/C13H20ClNO2/c1-3-8-15-9-11(10-16-2)17-13-7-5-4-6-12(13)14/h4-7,11,15H,3,8-10H2,1-2H3. The Labute approximate surface area is 108 Å². The fourth-order valence-corrected chi connectivity index (χ4v) is 1.66. The van der Waals surface area contributed by atoms with Crippen LogP contribution in [0, 0.1) is 0 Å². The molecule has 0 spiro atoms. The Kier molecular flexibility index (Phi) is 7.01. The summed E-state index contributed by atoms with van der Waals surface area (Å²) in [4.78, 5) is 0. The summed E-state index contributed by atoms with van der Waals surface area (Å²) in [6.07, 6.45) is 1.08. The molecule has 0 amide bonds. The lowest BCUT2D eigenvalue weighted by Gasteiger charge is -2.19. The van der Waals surface area contributed by atoms with Crippen molar-refractivity contribution in [1.29, 1.82) is 0 Å². The predicted molar refractivity (Wildman–Crippen MR) is 70.9 cm³/mol. The van der Waals surface area contributed by atoms with Gasteiger partial charge < -0.3 is 14.8 Å². The van der Waals surface area contributed by atoms with Gasteiger partial charge in [-0.3, -0.25) is 0 Å². The maximum atomic E-state index is 6.04. The average Bonchev–Trinajstić information content (AvgIpc) is 2.32. The molecule has 1 unspecified atom stereocenters. The van der Waals surface area contributed by atoms with Gasteiger partial charge in [-0.1, -0.05) is 30.7 Å². The average molecular weight is 258 g/mol. The monoisotopic (exact) mass is 257 g/mol. The third-order valence-electron chi connectivity index (χ3n) is 2.28. The molecule has 0 fully saturated rings. The van der Waals surface area contributed by atoms with E-state index in [1.165, 1.54) is 0 Å². The normalized spacial score (nSPS) is 12.4. The van der Waals surface area contributed by atoms with Crippen molar-refractivity contribution in [1.82, 2.24) is 5.32 Å². The van der Waals surface area contributed by atoms with Crippen molar-refractivity contribution in [2.75, 3.05) is 26.8 Å². The summed E-state index contributed by atoms with van der Waals surface area (Å²) in [5.41, 5.74) is 0. The van der Waals surface area contributed by atoms with Crippen molar-refractivity contribution in [2.24, 2.45) is 0 Å². The van der Waals surface area contributed by atoms with Crippen molar-refractivity contribution >= 4 is 11.6 Å². The van der Waals surface area contributed by atoms with Crippen LogP contribution >= 0.6 is 11.6 Å². The van der Waals surface area contributed by atoms with E-state index >= 15 is 0 Å². The second-order valence-electron chi connectivity index (χ2n) is 3.83. The van der Waals surface area contributed by atoms with Gasteiger partial charge in [0.05, 0.1) is 11.6 Å². The molecule has 1 rings (SSSR count). The number of nitrogens with one attached hydrogen (secondary N) is 1. The van der Waals surface area contributed by atoms with E-state index in [4.69, 9.17) is 21.1 Å². The number of para-hydroxylation sites is 1. The van der Waals surface area contributed by atoms with E-state index in [1.807, 2.05) is 24.3 Å². The summed E-state index contributed by atoms with van der Waals surface area (Å²) in [6.45, 7) is 4.41. The number of ether oxygens (including phenoxy) is 2. The van der Waals surface area contributed by atoms with Crippen molar-refractivity contribution in [3.05, 3.63) is 29.3 Å². The SMILES string of the molecule is CCCNCC(COC)Oc1ccccc1Cl. The molecule has 0 saturated heterocycles. The molecule has 0 aliphatic rings. The lowest BCUT2D eigenvalue weighted by Crippen LogP contribution is -2.35. The van der Waals surface area contributed by atoms with Gasteiger partial charge in [0, 0.05) is 13.7 Å². The van der Waals surface area contributed by atoms with E-state index in [-0.39, 0.29) is 6.10 Å². The number of benzene rings is 1. The number of hydrogen-bond donors (Lipinski definition) is 1. The molecule has 0 aliphatic carbocycles. The van der Waals surface area contributed by atoms with Crippen LogP contribution in [0.25, 0.3) is 0 Å². The largest absolute Gasteiger partial charge is 0.485 e. The van der Waals surface area contributed by atoms with E-state index in [1.54, 1.807) is 7.11 Å². The van der Waals surface area contributed by atoms with E-state index in [0.29, 0.717) is 17.4 Å². The van der Waals surface area contributed by atoms with Gasteiger partial charge in [-0.2, -0.15) is 0 Å². The van der Waals surface area contributed by atoms with Crippen LogP contribution in [0.2, 0.25) is 5.02 Å². The van der Waals surface area contributed by atoms with E-state index in [9.17, 15) is 0 Å². The number of rotatable bonds is 8. The number of hydrogen-bond acceptors (Lipinski definition) is 3. The van der Waals surface area contributed by atoms with Crippen LogP contribution in [0.5, 0.6) is 5.75 Å². The van der Waals surface area contributed by atoms with Crippen molar-refractivity contribution in [3.8, 4) is 5.75 Å². The lowest BCUT2D eigenvalue weighted by molar-refractivity contribution is 0.0808. The Morgan fingerprint density at radius 2 is 2.12 bits per heavy atom. The summed E-state index contributed by atoms with van der Waals surface area (Å²) in [5, 5.41) is 3.94. The van der Waals surface area contributed by atoms with Gasteiger partial charge in [-0.05, 0) is 25.1 Å². The van der Waals surface area contributed by atoms with Gasteiger partial charge >= 0.3 is 0 Å². The highest BCUT2D eigenvalue weighted by molar-refractivity contribution is 6.32. The molecule has 0 saturated carbocycles. The second-order valence-corrected chi connectivity index (χ2v) is 4.24. The Bertz CT molecular complexity index is 320. The van der Waals surface area contributed by atoms with Crippen LogP contribution in [0.4, 0.5) is 0 Å². The maximum absolute atomic E-state index is 6.04. The summed E-state index contributed by atoms with van der Waals surface area (Å²) in [6, 6.07) is 7.48. The third-order valence-corrected chi connectivity index (χ3v) is 2.59. The number of methoxy groups -OCH3 is 1. The quantitative estimate of drug-likeness (QED) is 0.727. The zero-order chi connectivity index (χ0) is 12.5. The first kappa shape index (κ1) is 14.3. The number of halogens is 1. The van der Waals surface area contributed by atoms with Gasteiger partial charge in [0.15, 0.2) is 0 Å². The Balaban J connectivity index is 2.50. The molecule has 1 atom stereocenters. The van der Waals surface area contributed by atoms with E-state index < -0.39 is 0 Å². The molecule has 1 aromatic rings. The minimum absolute atomic E-state index is 0.0218. The van der Waals surface area contributed by atoms with Crippen LogP contribution in [-0.4, -0.2) is 32.9 Å². The van der Waals surface area contributed by atoms with Gasteiger partial charge in [0.2, 0.25) is 0 Å². The van der Waals surface area contributed by atoms with Crippen LogP contribution in [0.1, 0.15) is 13.3 Å². The van der Waals surface area contributed by atoms with Crippen LogP contribution in [0.3, 0.4) is 0 Å². The fraction of sp³-hybridized carbons (Fsp3) is 0.538. The van der Waals surface area contributed by atoms with E-state index in [0.717, 1.165) is 19.5 Å². The maximum Gasteiger partial charge on any atom is 0.138 e. The van der Waals surface area contributed by atoms with E-state index in [2.05, 4.69) is 12.2 Å². The minimum Gasteiger partial charge on any atom is -0.485 e. The fourth-order valence-electron chi connectivity index (χ4n) is 1.48. The molecule has 96 valence electrons. The smallest absolute Gasteiger partial charge is 0.138 e. The van der Waals surface area contributed by atoms with Crippen molar-refractivity contribution in [3.63, 3.8) is 0 Å². The first-order valence-electron chi connectivity index (χ1n) is 5.88. The van der Waals surface area contributed by atoms with Gasteiger partial charge in [0.25, 0.3) is 0 Å². The van der Waals surface area contributed by atoms with Crippen LogP contribution < -0.4 is 10.1 Å². The summed E-state index contributed by atoms with van der Waals surface area (Å²) >= 11 is 6.04. The predicted octanol–water partition coefficient (Wildman–Crippen LogP) is 2.73. The first-order chi connectivity index (χ1) is 8.27. The zero-order valence-electron chi connectivity index (χ0n) is 10.4. The van der Waals surface area contributed by atoms with Gasteiger partial charge in [0.1, 0.15) is 11.9 Å². The molecule has 17 heavy (non-hydrogen) atoms. The first-order valence-corrected chi connectivity index (χ1v) is 6.26. The summed E-state index contributed by atoms with van der Waals surface area (Å²) < 4.78 is 11.0. The minimum atomic E-state index is -0.0218. The molecule has 0 heterocycles. The molecule has 0 bridgehead atoms. The Hall–Kier alpha value is -0.770. The highest BCUT2D eigenvalue weighted by atomic mass is 35.5. The summed E-state index contributed by atoms with van der Waals surface area (Å²) in [7, 11) is 1.67. The molecule has 3 nitrogen and oxygen atoms in total. The van der Waals surface area contributed by atoms with Crippen molar-refractivity contribution in [2.45, 2.75) is 19.4 Å². The topological polar surface area (TPSA) is 30.5 Å². The molecular weight excluding hydrogens is 238 g/mol.